The highest BCUT2D eigenvalue weighted by atomic mass is 79.9. The van der Waals surface area contributed by atoms with Crippen LogP contribution in [-0.2, 0) is 7.05 Å². The van der Waals surface area contributed by atoms with E-state index in [1.165, 1.54) is 4.57 Å². The second-order valence-electron chi connectivity index (χ2n) is 3.09. The number of rotatable bonds is 1. The van der Waals surface area contributed by atoms with Crippen LogP contribution in [0.1, 0.15) is 0 Å². The molecule has 0 radical (unpaired) electrons. The lowest BCUT2D eigenvalue weighted by Crippen LogP contribution is -2.15. The molecule has 2 aromatic heterocycles. The van der Waals surface area contributed by atoms with E-state index in [2.05, 4.69) is 15.9 Å². The van der Waals surface area contributed by atoms with Crippen molar-refractivity contribution in [3.05, 3.63) is 43.6 Å². The summed E-state index contributed by atoms with van der Waals surface area (Å²) >= 11 is 10.9. The highest BCUT2D eigenvalue weighted by Crippen LogP contribution is 2.30. The predicted molar refractivity (Wildman–Crippen MR) is 67.7 cm³/mol. The van der Waals surface area contributed by atoms with E-state index in [-0.39, 0.29) is 5.56 Å². The fourth-order valence-corrected chi connectivity index (χ4v) is 2.83. The molecule has 0 spiro atoms. The third-order valence-electron chi connectivity index (χ3n) is 2.06. The molecule has 0 aliphatic carbocycles. The van der Waals surface area contributed by atoms with Gasteiger partial charge in [0.05, 0.1) is 0 Å². The molecule has 0 aliphatic rings. The molecule has 0 aliphatic heterocycles. The van der Waals surface area contributed by atoms with Crippen LogP contribution < -0.4 is 5.56 Å². The van der Waals surface area contributed by atoms with Crippen molar-refractivity contribution in [2.75, 3.05) is 0 Å². The van der Waals surface area contributed by atoms with Gasteiger partial charge in [-0.05, 0) is 28.1 Å². The van der Waals surface area contributed by atoms with E-state index in [1.54, 1.807) is 30.5 Å². The zero-order chi connectivity index (χ0) is 11.0. The van der Waals surface area contributed by atoms with Gasteiger partial charge < -0.3 is 4.57 Å². The zero-order valence-corrected chi connectivity index (χ0v) is 11.0. The minimum absolute atomic E-state index is 0.0953. The molecule has 2 aromatic rings. The topological polar surface area (TPSA) is 22.0 Å². The lowest BCUT2D eigenvalue weighted by atomic mass is 10.2. The monoisotopic (exact) mass is 303 g/mol. The fraction of sp³-hybridized carbons (Fsp3) is 0.100. The lowest BCUT2D eigenvalue weighted by molar-refractivity contribution is 0.862. The smallest absolute Gasteiger partial charge is 0.252 e. The molecule has 0 unspecified atom stereocenters. The van der Waals surface area contributed by atoms with Crippen LogP contribution in [0, 0.1) is 0 Å². The average molecular weight is 305 g/mol. The number of halogens is 2. The highest BCUT2D eigenvalue weighted by Gasteiger charge is 2.05. The molecule has 0 amide bonds. The van der Waals surface area contributed by atoms with Crippen molar-refractivity contribution in [3.63, 3.8) is 0 Å². The standard InChI is InChI=1S/C10H7BrClNOS/c1-13-9(12)2-6(3-10(13)14)8-4-7(11)5-15-8/h2-5H,1H3. The molecule has 0 atom stereocenters. The second kappa shape index (κ2) is 4.12. The van der Waals surface area contributed by atoms with Crippen LogP contribution in [-0.4, -0.2) is 4.57 Å². The third-order valence-corrected chi connectivity index (χ3v) is 4.16. The normalized spacial score (nSPS) is 10.6. The number of pyridine rings is 1. The van der Waals surface area contributed by atoms with Gasteiger partial charge >= 0.3 is 0 Å². The van der Waals surface area contributed by atoms with Gasteiger partial charge in [0.1, 0.15) is 5.15 Å². The van der Waals surface area contributed by atoms with Crippen molar-refractivity contribution < 1.29 is 0 Å². The molecule has 0 fully saturated rings. The van der Waals surface area contributed by atoms with Crippen LogP contribution in [0.5, 0.6) is 0 Å². The minimum Gasteiger partial charge on any atom is -0.302 e. The fourth-order valence-electron chi connectivity index (χ4n) is 1.21. The molecular formula is C10H7BrClNOS. The maximum atomic E-state index is 11.5. The van der Waals surface area contributed by atoms with Crippen LogP contribution in [0.3, 0.4) is 0 Å². The quantitative estimate of drug-likeness (QED) is 0.739. The lowest BCUT2D eigenvalue weighted by Gasteiger charge is -2.02. The number of hydrogen-bond acceptors (Lipinski definition) is 2. The molecule has 0 N–H and O–H groups in total. The molecule has 0 bridgehead atoms. The molecule has 0 saturated carbocycles. The number of nitrogens with zero attached hydrogens (tertiary/aromatic N) is 1. The molecule has 2 rings (SSSR count). The van der Waals surface area contributed by atoms with Gasteiger partial charge in [0.2, 0.25) is 0 Å². The Hall–Kier alpha value is -0.580. The summed E-state index contributed by atoms with van der Waals surface area (Å²) in [6, 6.07) is 5.35. The van der Waals surface area contributed by atoms with E-state index >= 15 is 0 Å². The first kappa shape index (κ1) is 10.9. The minimum atomic E-state index is -0.0953. The van der Waals surface area contributed by atoms with E-state index in [0.717, 1.165) is 14.9 Å². The summed E-state index contributed by atoms with van der Waals surface area (Å²) in [6.07, 6.45) is 0. The predicted octanol–water partition coefficient (Wildman–Crippen LogP) is 3.53. The first-order valence-electron chi connectivity index (χ1n) is 4.19. The Morgan fingerprint density at radius 1 is 1.40 bits per heavy atom. The SMILES string of the molecule is Cn1c(Cl)cc(-c2cc(Br)cs2)cc1=O. The van der Waals surface area contributed by atoms with Gasteiger partial charge in [-0.1, -0.05) is 11.6 Å². The van der Waals surface area contributed by atoms with E-state index < -0.39 is 0 Å². The van der Waals surface area contributed by atoms with Crippen molar-refractivity contribution >= 4 is 38.9 Å². The van der Waals surface area contributed by atoms with E-state index in [9.17, 15) is 4.79 Å². The van der Waals surface area contributed by atoms with Crippen LogP contribution in [0.4, 0.5) is 0 Å². The number of hydrogen-bond donors (Lipinski definition) is 0. The Balaban J connectivity index is 2.60. The summed E-state index contributed by atoms with van der Waals surface area (Å²) < 4.78 is 2.42. The van der Waals surface area contributed by atoms with Gasteiger partial charge in [-0.3, -0.25) is 4.79 Å². The van der Waals surface area contributed by atoms with E-state index in [1.807, 2.05) is 11.4 Å². The summed E-state index contributed by atoms with van der Waals surface area (Å²) in [6.45, 7) is 0. The van der Waals surface area contributed by atoms with Crippen molar-refractivity contribution in [3.8, 4) is 10.4 Å². The van der Waals surface area contributed by atoms with Gasteiger partial charge in [-0.15, -0.1) is 11.3 Å². The molecule has 2 heterocycles. The molecule has 0 aromatic carbocycles. The zero-order valence-electron chi connectivity index (χ0n) is 7.83. The van der Waals surface area contributed by atoms with Crippen molar-refractivity contribution in [1.82, 2.24) is 4.57 Å². The Morgan fingerprint density at radius 3 is 2.67 bits per heavy atom. The van der Waals surface area contributed by atoms with Gasteiger partial charge in [-0.2, -0.15) is 0 Å². The van der Waals surface area contributed by atoms with E-state index in [0.29, 0.717) is 5.15 Å². The summed E-state index contributed by atoms with van der Waals surface area (Å²) in [5.74, 6) is 0. The summed E-state index contributed by atoms with van der Waals surface area (Å²) in [5.41, 5.74) is 0.765. The summed E-state index contributed by atoms with van der Waals surface area (Å²) in [7, 11) is 1.65. The van der Waals surface area contributed by atoms with E-state index in [4.69, 9.17) is 11.6 Å². The van der Waals surface area contributed by atoms with Gasteiger partial charge in [0, 0.05) is 33.4 Å². The Bertz CT molecular complexity index is 561. The average Bonchev–Trinajstić information content (AvgIpc) is 2.60. The molecule has 78 valence electrons. The Labute approximate surface area is 104 Å². The summed E-state index contributed by atoms with van der Waals surface area (Å²) in [4.78, 5) is 12.5. The highest BCUT2D eigenvalue weighted by molar-refractivity contribution is 9.10. The largest absolute Gasteiger partial charge is 0.302 e. The number of aromatic nitrogens is 1. The van der Waals surface area contributed by atoms with Crippen molar-refractivity contribution in [2.24, 2.45) is 7.05 Å². The Kier molecular flexibility index (Phi) is 3.00. The maximum Gasteiger partial charge on any atom is 0.252 e. The Morgan fingerprint density at radius 2 is 2.13 bits per heavy atom. The van der Waals surface area contributed by atoms with Gasteiger partial charge in [-0.25, -0.2) is 0 Å². The molecule has 2 nitrogen and oxygen atoms in total. The van der Waals surface area contributed by atoms with Gasteiger partial charge in [0.15, 0.2) is 0 Å². The van der Waals surface area contributed by atoms with Crippen molar-refractivity contribution in [1.29, 1.82) is 0 Å². The van der Waals surface area contributed by atoms with Gasteiger partial charge in [0.25, 0.3) is 5.56 Å². The first-order chi connectivity index (χ1) is 7.08. The molecular weight excluding hydrogens is 298 g/mol. The maximum absolute atomic E-state index is 11.5. The number of thiophene rings is 1. The first-order valence-corrected chi connectivity index (χ1v) is 6.24. The third kappa shape index (κ3) is 2.17. The molecule has 5 heteroatoms. The molecule has 0 saturated heterocycles. The van der Waals surface area contributed by atoms with Crippen LogP contribution in [0.25, 0.3) is 10.4 Å². The second-order valence-corrected chi connectivity index (χ2v) is 5.31. The molecule has 15 heavy (non-hydrogen) atoms. The van der Waals surface area contributed by atoms with Crippen molar-refractivity contribution in [2.45, 2.75) is 0 Å². The van der Waals surface area contributed by atoms with Crippen LogP contribution in [0.15, 0.2) is 32.8 Å². The van der Waals surface area contributed by atoms with Crippen LogP contribution >= 0.6 is 38.9 Å². The summed E-state index contributed by atoms with van der Waals surface area (Å²) in [5, 5.41) is 2.42. The van der Waals surface area contributed by atoms with Crippen LogP contribution in [0.2, 0.25) is 5.15 Å².